The molecule has 2 heterocycles. The number of ether oxygens (including phenoxy) is 1. The van der Waals surface area contributed by atoms with Crippen molar-refractivity contribution in [3.05, 3.63) is 36.0 Å². The number of nitrogens with two attached hydrogens (primary N) is 1. The normalized spacial score (nSPS) is 14.8. The molecule has 0 aliphatic carbocycles. The Kier molecular flexibility index (Phi) is 5.68. The van der Waals surface area contributed by atoms with Gasteiger partial charge in [-0.1, -0.05) is 12.1 Å². The Morgan fingerprint density at radius 3 is 2.57 bits per heavy atom. The van der Waals surface area contributed by atoms with E-state index in [1.807, 2.05) is 17.9 Å². The van der Waals surface area contributed by atoms with Crippen molar-refractivity contribution in [3.63, 3.8) is 0 Å². The summed E-state index contributed by atoms with van der Waals surface area (Å²) < 4.78 is 30.7. The molecule has 2 N–H and O–H groups in total. The molecule has 0 unspecified atom stereocenters. The van der Waals surface area contributed by atoms with Gasteiger partial charge in [-0.3, -0.25) is 0 Å². The Balaban J connectivity index is 1.77. The third-order valence-electron chi connectivity index (χ3n) is 4.45. The summed E-state index contributed by atoms with van der Waals surface area (Å²) in [5, 5.41) is 0. The van der Waals surface area contributed by atoms with Gasteiger partial charge in [0.2, 0.25) is 15.8 Å². The number of hydrogen-bond acceptors (Lipinski definition) is 8. The Morgan fingerprint density at radius 1 is 1.25 bits per heavy atom. The summed E-state index contributed by atoms with van der Waals surface area (Å²) in [7, 11) is -3.80. The van der Waals surface area contributed by atoms with Crippen LogP contribution >= 0.6 is 0 Å². The van der Waals surface area contributed by atoms with Crippen molar-refractivity contribution in [1.82, 2.24) is 14.9 Å². The van der Waals surface area contributed by atoms with Crippen LogP contribution in [0.4, 0.5) is 16.6 Å². The van der Waals surface area contributed by atoms with E-state index in [2.05, 4.69) is 9.97 Å². The zero-order chi connectivity index (χ0) is 20.3. The van der Waals surface area contributed by atoms with Gasteiger partial charge in [-0.15, -0.1) is 0 Å². The van der Waals surface area contributed by atoms with E-state index in [1.165, 1.54) is 12.3 Å². The smallest absolute Gasteiger partial charge is 0.409 e. The van der Waals surface area contributed by atoms with E-state index < -0.39 is 9.84 Å². The molecule has 1 saturated heterocycles. The molecule has 0 radical (unpaired) electrons. The number of nitrogens with zero attached hydrogens (tertiary/aromatic N) is 4. The van der Waals surface area contributed by atoms with Crippen molar-refractivity contribution in [2.45, 2.75) is 23.6 Å². The van der Waals surface area contributed by atoms with E-state index >= 15 is 0 Å². The zero-order valence-electron chi connectivity index (χ0n) is 15.8. The van der Waals surface area contributed by atoms with E-state index in [9.17, 15) is 13.2 Å². The molecule has 1 aliphatic heterocycles. The lowest BCUT2D eigenvalue weighted by atomic mass is 10.2. The summed E-state index contributed by atoms with van der Waals surface area (Å²) in [6.07, 6.45) is 0.898. The third-order valence-corrected chi connectivity index (χ3v) is 6.22. The van der Waals surface area contributed by atoms with Crippen molar-refractivity contribution in [1.29, 1.82) is 0 Å². The van der Waals surface area contributed by atoms with Crippen LogP contribution in [0.2, 0.25) is 0 Å². The molecule has 10 heteroatoms. The number of carbonyl (C=O) groups is 1. The van der Waals surface area contributed by atoms with Crippen LogP contribution in [-0.2, 0) is 14.6 Å². The fourth-order valence-electron chi connectivity index (χ4n) is 2.95. The summed E-state index contributed by atoms with van der Waals surface area (Å²) in [6.45, 7) is 5.84. The number of rotatable bonds is 4. The zero-order valence-corrected chi connectivity index (χ0v) is 16.6. The first-order valence-corrected chi connectivity index (χ1v) is 10.4. The Hall–Kier alpha value is -2.88. The molecule has 1 aromatic heterocycles. The molecule has 150 valence electrons. The number of piperazine rings is 1. The second-order valence-corrected chi connectivity index (χ2v) is 8.33. The van der Waals surface area contributed by atoms with Gasteiger partial charge in [0, 0.05) is 26.2 Å². The number of carbonyl (C=O) groups excluding carboxylic acids is 1. The van der Waals surface area contributed by atoms with Crippen LogP contribution < -0.4 is 10.6 Å². The van der Waals surface area contributed by atoms with E-state index in [-0.39, 0.29) is 21.7 Å². The second kappa shape index (κ2) is 8.01. The molecule has 0 bridgehead atoms. The molecule has 1 aliphatic rings. The number of nitrogen functional groups attached to an aromatic ring is 1. The van der Waals surface area contributed by atoms with Crippen molar-refractivity contribution in [2.24, 2.45) is 0 Å². The minimum Gasteiger partial charge on any atom is -0.450 e. The van der Waals surface area contributed by atoms with Crippen molar-refractivity contribution >= 4 is 27.7 Å². The highest BCUT2D eigenvalue weighted by atomic mass is 32.2. The van der Waals surface area contributed by atoms with Gasteiger partial charge in [-0.25, -0.2) is 18.2 Å². The first-order valence-electron chi connectivity index (χ1n) is 8.94. The average Bonchev–Trinajstić information content (AvgIpc) is 2.68. The van der Waals surface area contributed by atoms with Gasteiger partial charge in [0.1, 0.15) is 10.7 Å². The number of hydrogen-bond donors (Lipinski definition) is 1. The first-order chi connectivity index (χ1) is 13.3. The Morgan fingerprint density at radius 2 is 1.96 bits per heavy atom. The number of aryl methyl sites for hydroxylation is 1. The van der Waals surface area contributed by atoms with Crippen LogP contribution in [0.1, 0.15) is 12.5 Å². The number of aromatic nitrogens is 2. The summed E-state index contributed by atoms with van der Waals surface area (Å²) >= 11 is 0. The highest BCUT2D eigenvalue weighted by molar-refractivity contribution is 7.91. The second-order valence-electron chi connectivity index (χ2n) is 6.41. The van der Waals surface area contributed by atoms with Crippen LogP contribution in [0, 0.1) is 6.92 Å². The maximum Gasteiger partial charge on any atom is 0.409 e. The van der Waals surface area contributed by atoms with E-state index in [0.29, 0.717) is 38.7 Å². The van der Waals surface area contributed by atoms with E-state index in [4.69, 9.17) is 10.5 Å². The van der Waals surface area contributed by atoms with Crippen molar-refractivity contribution < 1.29 is 17.9 Å². The molecule has 3 rings (SSSR count). The lowest BCUT2D eigenvalue weighted by Crippen LogP contribution is -2.49. The van der Waals surface area contributed by atoms with Crippen LogP contribution in [0.15, 0.2) is 40.3 Å². The average molecular weight is 405 g/mol. The van der Waals surface area contributed by atoms with Gasteiger partial charge < -0.3 is 20.3 Å². The fourth-order valence-corrected chi connectivity index (χ4v) is 4.31. The number of anilines is 2. The number of benzene rings is 1. The largest absolute Gasteiger partial charge is 0.450 e. The molecular formula is C18H23N5O4S. The van der Waals surface area contributed by atoms with Gasteiger partial charge in [0.25, 0.3) is 0 Å². The molecule has 0 spiro atoms. The molecule has 0 saturated carbocycles. The predicted molar refractivity (Wildman–Crippen MR) is 104 cm³/mol. The number of sulfone groups is 1. The van der Waals surface area contributed by atoms with Gasteiger partial charge >= 0.3 is 6.09 Å². The van der Waals surface area contributed by atoms with E-state index in [0.717, 1.165) is 5.56 Å². The lowest BCUT2D eigenvalue weighted by Gasteiger charge is -2.34. The number of amides is 1. The minimum absolute atomic E-state index is 0.0978. The van der Waals surface area contributed by atoms with Crippen LogP contribution in [0.25, 0.3) is 0 Å². The Labute approximate surface area is 164 Å². The molecular weight excluding hydrogens is 382 g/mol. The quantitative estimate of drug-likeness (QED) is 0.812. The predicted octanol–water partition coefficient (Wildman–Crippen LogP) is 1.48. The van der Waals surface area contributed by atoms with Crippen LogP contribution in [0.3, 0.4) is 0 Å². The highest BCUT2D eigenvalue weighted by Gasteiger charge is 2.26. The Bertz CT molecular complexity index is 972. The monoisotopic (exact) mass is 405 g/mol. The van der Waals surface area contributed by atoms with Gasteiger partial charge in [-0.2, -0.15) is 4.98 Å². The maximum atomic E-state index is 12.8. The summed E-state index contributed by atoms with van der Waals surface area (Å²) in [6, 6.07) is 6.59. The van der Waals surface area contributed by atoms with Gasteiger partial charge in [0.05, 0.1) is 17.7 Å². The van der Waals surface area contributed by atoms with Crippen LogP contribution in [0.5, 0.6) is 0 Å². The highest BCUT2D eigenvalue weighted by Crippen LogP contribution is 2.26. The van der Waals surface area contributed by atoms with Gasteiger partial charge in [-0.05, 0) is 31.5 Å². The molecule has 1 aromatic carbocycles. The molecule has 2 aromatic rings. The summed E-state index contributed by atoms with van der Waals surface area (Å²) in [4.78, 5) is 23.7. The summed E-state index contributed by atoms with van der Waals surface area (Å²) in [5.41, 5.74) is 6.79. The van der Waals surface area contributed by atoms with Crippen molar-refractivity contribution in [2.75, 3.05) is 43.4 Å². The molecule has 1 fully saturated rings. The maximum absolute atomic E-state index is 12.8. The van der Waals surface area contributed by atoms with E-state index in [1.54, 1.807) is 24.0 Å². The lowest BCUT2D eigenvalue weighted by molar-refractivity contribution is 0.105. The van der Waals surface area contributed by atoms with Gasteiger partial charge in [0.15, 0.2) is 0 Å². The molecule has 0 atom stereocenters. The van der Waals surface area contributed by atoms with Crippen LogP contribution in [-0.4, -0.2) is 62.2 Å². The third kappa shape index (κ3) is 4.01. The minimum atomic E-state index is -3.80. The van der Waals surface area contributed by atoms with Crippen molar-refractivity contribution in [3.8, 4) is 0 Å². The first kappa shape index (κ1) is 19.9. The molecule has 1 amide bonds. The molecule has 28 heavy (non-hydrogen) atoms. The SMILES string of the molecule is CCOC(=O)N1CCN(c2ncc(S(=O)(=O)c3cccc(C)c3)c(N)n2)CC1. The topological polar surface area (TPSA) is 119 Å². The standard InChI is InChI=1S/C18H23N5O4S/c1-3-27-18(24)23-9-7-22(8-10-23)17-20-12-15(16(19)21-17)28(25,26)14-6-4-5-13(2)11-14/h4-6,11-12H,3,7-10H2,1-2H3,(H2,19,20,21). The molecule has 9 nitrogen and oxygen atoms in total. The fraction of sp³-hybridized carbons (Fsp3) is 0.389. The summed E-state index contributed by atoms with van der Waals surface area (Å²) in [5.74, 6) is 0.239.